The lowest BCUT2D eigenvalue weighted by Gasteiger charge is -2.18. The number of halogens is 3. The van der Waals surface area contributed by atoms with Gasteiger partial charge in [-0.15, -0.1) is 0 Å². The molecule has 0 aliphatic heterocycles. The molecule has 5 nitrogen and oxygen atoms in total. The van der Waals surface area contributed by atoms with E-state index in [1.54, 1.807) is 20.2 Å². The van der Waals surface area contributed by atoms with Crippen LogP contribution in [0.25, 0.3) is 10.9 Å². The van der Waals surface area contributed by atoms with Crippen LogP contribution in [0.1, 0.15) is 21.5 Å². The van der Waals surface area contributed by atoms with Crippen LogP contribution < -0.4 is 5.56 Å². The van der Waals surface area contributed by atoms with E-state index in [-0.39, 0.29) is 22.8 Å². The van der Waals surface area contributed by atoms with Crippen molar-refractivity contribution in [1.29, 1.82) is 0 Å². The SMILES string of the molecule is CN(Cc1ccc(C(F)(F)F)cc1)C(=O)c1ccc2c(=O)n(C)c(=S)[nH]c2c1. The van der Waals surface area contributed by atoms with Crippen LogP contribution >= 0.6 is 12.2 Å². The average Bonchev–Trinajstić information content (AvgIpc) is 2.65. The molecule has 1 aromatic heterocycles. The maximum atomic E-state index is 12.7. The Balaban J connectivity index is 1.84. The van der Waals surface area contributed by atoms with Gasteiger partial charge in [-0.3, -0.25) is 14.2 Å². The van der Waals surface area contributed by atoms with Crippen LogP contribution in [0.4, 0.5) is 13.2 Å². The smallest absolute Gasteiger partial charge is 0.337 e. The van der Waals surface area contributed by atoms with E-state index in [2.05, 4.69) is 4.98 Å². The number of hydrogen-bond acceptors (Lipinski definition) is 3. The number of carbonyl (C=O) groups is 1. The Kier molecular flexibility index (Phi) is 5.12. The third-order valence-corrected chi connectivity index (χ3v) is 4.77. The second-order valence-corrected chi connectivity index (χ2v) is 6.80. The largest absolute Gasteiger partial charge is 0.416 e. The van der Waals surface area contributed by atoms with Crippen LogP contribution in [0.15, 0.2) is 47.3 Å². The molecule has 0 atom stereocenters. The quantitative estimate of drug-likeness (QED) is 0.671. The number of benzene rings is 2. The number of hydrogen-bond donors (Lipinski definition) is 1. The van der Waals surface area contributed by atoms with Crippen LogP contribution in [0, 0.1) is 4.77 Å². The summed E-state index contributed by atoms with van der Waals surface area (Å²) in [5.74, 6) is -0.332. The summed E-state index contributed by atoms with van der Waals surface area (Å²) in [5, 5.41) is 0.401. The molecule has 0 saturated carbocycles. The summed E-state index contributed by atoms with van der Waals surface area (Å²) in [4.78, 5) is 29.2. The van der Waals surface area contributed by atoms with Gasteiger partial charge in [0.1, 0.15) is 0 Å². The van der Waals surface area contributed by atoms with Crippen molar-refractivity contribution in [2.75, 3.05) is 7.05 Å². The zero-order valence-corrected chi connectivity index (χ0v) is 15.8. The normalized spacial score (nSPS) is 11.6. The Labute approximate surface area is 163 Å². The first-order valence-corrected chi connectivity index (χ1v) is 8.63. The number of fused-ring (bicyclic) bond motifs is 1. The highest BCUT2D eigenvalue weighted by atomic mass is 32.1. The molecule has 146 valence electrons. The van der Waals surface area contributed by atoms with Crippen molar-refractivity contribution in [1.82, 2.24) is 14.5 Å². The molecule has 0 radical (unpaired) electrons. The highest BCUT2D eigenvalue weighted by Gasteiger charge is 2.30. The molecule has 28 heavy (non-hydrogen) atoms. The summed E-state index contributed by atoms with van der Waals surface area (Å²) >= 11 is 5.08. The van der Waals surface area contributed by atoms with E-state index in [1.807, 2.05) is 0 Å². The van der Waals surface area contributed by atoms with Crippen molar-refractivity contribution in [2.45, 2.75) is 12.7 Å². The maximum Gasteiger partial charge on any atom is 0.416 e. The predicted molar refractivity (Wildman–Crippen MR) is 102 cm³/mol. The number of alkyl halides is 3. The maximum absolute atomic E-state index is 12.7. The van der Waals surface area contributed by atoms with Crippen molar-refractivity contribution in [2.24, 2.45) is 7.05 Å². The molecule has 0 spiro atoms. The number of nitrogens with zero attached hydrogens (tertiary/aromatic N) is 2. The Morgan fingerprint density at radius 1 is 1.18 bits per heavy atom. The molecule has 1 amide bonds. The van der Waals surface area contributed by atoms with Gasteiger partial charge in [0.15, 0.2) is 4.77 Å². The number of aromatic nitrogens is 2. The van der Waals surface area contributed by atoms with Crippen molar-refractivity contribution in [3.05, 3.63) is 74.3 Å². The second-order valence-electron chi connectivity index (χ2n) is 6.41. The highest BCUT2D eigenvalue weighted by molar-refractivity contribution is 7.71. The van der Waals surface area contributed by atoms with Gasteiger partial charge in [0.05, 0.1) is 16.5 Å². The molecule has 3 rings (SSSR count). The van der Waals surface area contributed by atoms with Gasteiger partial charge in [-0.25, -0.2) is 0 Å². The molecular formula is C19H16F3N3O2S. The van der Waals surface area contributed by atoms with Crippen molar-refractivity contribution in [3.63, 3.8) is 0 Å². The molecule has 0 aliphatic carbocycles. The molecular weight excluding hydrogens is 391 g/mol. The summed E-state index contributed by atoms with van der Waals surface area (Å²) in [6, 6.07) is 9.27. The fourth-order valence-electron chi connectivity index (χ4n) is 2.80. The van der Waals surface area contributed by atoms with Crippen LogP contribution in [-0.2, 0) is 19.8 Å². The van der Waals surface area contributed by atoms with Gasteiger partial charge in [0.25, 0.3) is 11.5 Å². The van der Waals surface area contributed by atoms with Gasteiger partial charge in [0.2, 0.25) is 0 Å². The highest BCUT2D eigenvalue weighted by Crippen LogP contribution is 2.29. The summed E-state index contributed by atoms with van der Waals surface area (Å²) in [7, 11) is 3.11. The van der Waals surface area contributed by atoms with E-state index in [9.17, 15) is 22.8 Å². The van der Waals surface area contributed by atoms with Gasteiger partial charge in [0, 0.05) is 26.2 Å². The van der Waals surface area contributed by atoms with Crippen LogP contribution in [0.2, 0.25) is 0 Å². The first-order chi connectivity index (χ1) is 13.1. The molecule has 1 heterocycles. The molecule has 9 heteroatoms. The molecule has 2 aromatic carbocycles. The predicted octanol–water partition coefficient (Wildman–Crippen LogP) is 3.89. The van der Waals surface area contributed by atoms with Gasteiger partial charge < -0.3 is 9.88 Å². The first kappa shape index (κ1) is 19.8. The van der Waals surface area contributed by atoms with Gasteiger partial charge in [-0.2, -0.15) is 13.2 Å². The lowest BCUT2D eigenvalue weighted by Crippen LogP contribution is -2.26. The molecule has 3 aromatic rings. The minimum Gasteiger partial charge on any atom is -0.337 e. The minimum atomic E-state index is -4.40. The first-order valence-electron chi connectivity index (χ1n) is 8.22. The third-order valence-electron chi connectivity index (χ3n) is 4.40. The Morgan fingerprint density at radius 3 is 2.43 bits per heavy atom. The van der Waals surface area contributed by atoms with Crippen LogP contribution in [0.5, 0.6) is 0 Å². The zero-order valence-electron chi connectivity index (χ0n) is 15.0. The third kappa shape index (κ3) is 3.84. The molecule has 0 saturated heterocycles. The summed E-state index contributed by atoms with van der Waals surface area (Å²) in [5.41, 5.74) is 0.341. The second kappa shape index (κ2) is 7.23. The number of nitrogens with one attached hydrogen (secondary N) is 1. The Hall–Kier alpha value is -2.94. The number of carbonyl (C=O) groups excluding carboxylic acids is 1. The monoisotopic (exact) mass is 407 g/mol. The van der Waals surface area contributed by atoms with Gasteiger partial charge in [-0.1, -0.05) is 12.1 Å². The fourth-order valence-corrected chi connectivity index (χ4v) is 3.00. The van der Waals surface area contributed by atoms with Crippen LogP contribution in [-0.4, -0.2) is 27.4 Å². The lowest BCUT2D eigenvalue weighted by molar-refractivity contribution is -0.137. The van der Waals surface area contributed by atoms with E-state index in [4.69, 9.17) is 12.2 Å². The summed E-state index contributed by atoms with van der Waals surface area (Å²) in [6.45, 7) is 0.140. The summed E-state index contributed by atoms with van der Waals surface area (Å²) < 4.78 is 39.5. The molecule has 1 N–H and O–H groups in total. The molecule has 0 aliphatic rings. The van der Waals surface area contributed by atoms with Crippen LogP contribution in [0.3, 0.4) is 0 Å². The van der Waals surface area contributed by atoms with Gasteiger partial charge >= 0.3 is 6.18 Å². The average molecular weight is 407 g/mol. The van der Waals surface area contributed by atoms with E-state index in [0.29, 0.717) is 22.0 Å². The van der Waals surface area contributed by atoms with E-state index in [1.165, 1.54) is 33.7 Å². The van der Waals surface area contributed by atoms with E-state index >= 15 is 0 Å². The Bertz CT molecular complexity index is 1160. The van der Waals surface area contributed by atoms with E-state index < -0.39 is 11.7 Å². The van der Waals surface area contributed by atoms with Gasteiger partial charge in [-0.05, 0) is 48.1 Å². The number of H-pyrrole nitrogens is 1. The summed E-state index contributed by atoms with van der Waals surface area (Å²) in [6.07, 6.45) is -4.40. The number of aromatic amines is 1. The number of rotatable bonds is 3. The van der Waals surface area contributed by atoms with Crippen molar-refractivity contribution >= 4 is 29.0 Å². The molecule has 0 unspecified atom stereocenters. The minimum absolute atomic E-state index is 0.140. The molecule has 0 fully saturated rings. The number of amides is 1. The molecule has 0 bridgehead atoms. The van der Waals surface area contributed by atoms with Crippen molar-refractivity contribution in [3.8, 4) is 0 Å². The van der Waals surface area contributed by atoms with Crippen molar-refractivity contribution < 1.29 is 18.0 Å². The Morgan fingerprint density at radius 2 is 1.82 bits per heavy atom. The standard InChI is InChI=1S/C19H16F3N3O2S/c1-24(10-11-3-6-13(7-4-11)19(20,21)22)16(26)12-5-8-14-15(9-12)23-18(28)25(2)17(14)27/h3-9H,10H2,1-2H3,(H,23,28). The zero-order chi connectivity index (χ0) is 20.6. The van der Waals surface area contributed by atoms with E-state index in [0.717, 1.165) is 12.1 Å². The fraction of sp³-hybridized carbons (Fsp3) is 0.211. The lowest BCUT2D eigenvalue weighted by atomic mass is 10.1. The topological polar surface area (TPSA) is 58.1 Å².